The Bertz CT molecular complexity index is 653. The van der Waals surface area contributed by atoms with Crippen molar-refractivity contribution < 1.29 is 18.7 Å². The number of amides is 2. The largest absolute Gasteiger partial charge is 0.496 e. The number of hydrogen-bond donors (Lipinski definition) is 0. The van der Waals surface area contributed by atoms with Crippen molar-refractivity contribution in [3.8, 4) is 5.75 Å². The van der Waals surface area contributed by atoms with E-state index in [1.165, 1.54) is 31.7 Å². The molecule has 0 unspecified atom stereocenters. The van der Waals surface area contributed by atoms with Gasteiger partial charge in [-0.1, -0.05) is 0 Å². The predicted octanol–water partition coefficient (Wildman–Crippen LogP) is 1.60. The highest BCUT2D eigenvalue weighted by Gasteiger charge is 2.26. The van der Waals surface area contributed by atoms with E-state index in [2.05, 4.69) is 4.90 Å². The molecule has 0 atom stereocenters. The standard InChI is InChI=1S/C19H26FN3O3/c1-26-17-6-5-15(20)13-16(17)19(25)23-11-9-21(10-12-23)14-18(24)22-7-3-2-4-8-22/h5-6,13H,2-4,7-12,14H2,1H3. The van der Waals surface area contributed by atoms with Crippen LogP contribution >= 0.6 is 0 Å². The minimum Gasteiger partial charge on any atom is -0.496 e. The van der Waals surface area contributed by atoms with E-state index in [1.54, 1.807) is 4.90 Å². The van der Waals surface area contributed by atoms with Crippen molar-refractivity contribution in [2.45, 2.75) is 19.3 Å². The van der Waals surface area contributed by atoms with Crippen LogP contribution in [0.2, 0.25) is 0 Å². The van der Waals surface area contributed by atoms with Crippen LogP contribution in [0, 0.1) is 5.82 Å². The van der Waals surface area contributed by atoms with Gasteiger partial charge in [-0.05, 0) is 37.5 Å². The molecule has 26 heavy (non-hydrogen) atoms. The smallest absolute Gasteiger partial charge is 0.257 e. The first-order chi connectivity index (χ1) is 12.6. The second-order valence-corrected chi connectivity index (χ2v) is 6.85. The van der Waals surface area contributed by atoms with Gasteiger partial charge in [0.1, 0.15) is 11.6 Å². The van der Waals surface area contributed by atoms with Gasteiger partial charge in [0, 0.05) is 39.3 Å². The van der Waals surface area contributed by atoms with E-state index < -0.39 is 5.82 Å². The van der Waals surface area contributed by atoms with Gasteiger partial charge < -0.3 is 14.5 Å². The lowest BCUT2D eigenvalue weighted by atomic mass is 10.1. The molecule has 0 aromatic heterocycles. The summed E-state index contributed by atoms with van der Waals surface area (Å²) in [6, 6.07) is 3.96. The average molecular weight is 363 g/mol. The van der Waals surface area contributed by atoms with Crippen molar-refractivity contribution in [2.75, 3.05) is 52.9 Å². The zero-order valence-electron chi connectivity index (χ0n) is 15.2. The highest BCUT2D eigenvalue weighted by Crippen LogP contribution is 2.22. The molecule has 2 fully saturated rings. The number of nitrogens with zero attached hydrogens (tertiary/aromatic N) is 3. The molecule has 2 amide bonds. The molecule has 2 aliphatic rings. The first-order valence-corrected chi connectivity index (χ1v) is 9.21. The van der Waals surface area contributed by atoms with Crippen LogP contribution in [-0.4, -0.2) is 79.4 Å². The van der Waals surface area contributed by atoms with Crippen molar-refractivity contribution in [1.29, 1.82) is 0 Å². The number of halogens is 1. The van der Waals surface area contributed by atoms with Gasteiger partial charge in [-0.3, -0.25) is 14.5 Å². The molecule has 0 bridgehead atoms. The number of methoxy groups -OCH3 is 1. The number of benzene rings is 1. The van der Waals surface area contributed by atoms with Crippen LogP contribution in [0.4, 0.5) is 4.39 Å². The minimum atomic E-state index is -0.458. The summed E-state index contributed by atoms with van der Waals surface area (Å²) in [6.07, 6.45) is 3.38. The normalized spacial score (nSPS) is 18.7. The maximum absolute atomic E-state index is 13.5. The van der Waals surface area contributed by atoms with Crippen LogP contribution in [-0.2, 0) is 4.79 Å². The summed E-state index contributed by atoms with van der Waals surface area (Å²) in [5.41, 5.74) is 0.241. The third-order valence-corrected chi connectivity index (χ3v) is 5.12. The Labute approximate surface area is 153 Å². The Hall–Kier alpha value is -2.15. The number of piperidine rings is 1. The lowest BCUT2D eigenvalue weighted by Crippen LogP contribution is -2.52. The number of carbonyl (C=O) groups is 2. The monoisotopic (exact) mass is 363 g/mol. The van der Waals surface area contributed by atoms with E-state index in [0.29, 0.717) is 38.5 Å². The number of hydrogen-bond acceptors (Lipinski definition) is 4. The summed E-state index contributed by atoms with van der Waals surface area (Å²) >= 11 is 0. The Balaban J connectivity index is 1.54. The Morgan fingerprint density at radius 2 is 1.69 bits per heavy atom. The molecule has 142 valence electrons. The summed E-state index contributed by atoms with van der Waals surface area (Å²) in [5, 5.41) is 0. The van der Waals surface area contributed by atoms with Crippen molar-refractivity contribution >= 4 is 11.8 Å². The van der Waals surface area contributed by atoms with Crippen molar-refractivity contribution in [1.82, 2.24) is 14.7 Å². The molecule has 3 rings (SSSR count). The fourth-order valence-corrected chi connectivity index (χ4v) is 3.56. The molecule has 0 saturated carbocycles. The lowest BCUT2D eigenvalue weighted by molar-refractivity contribution is -0.133. The second-order valence-electron chi connectivity index (χ2n) is 6.85. The second kappa shape index (κ2) is 8.49. The highest BCUT2D eigenvalue weighted by molar-refractivity contribution is 5.97. The molecule has 0 spiro atoms. The maximum atomic E-state index is 13.5. The van der Waals surface area contributed by atoms with Gasteiger partial charge in [0.25, 0.3) is 5.91 Å². The summed E-state index contributed by atoms with van der Waals surface area (Å²) in [6.45, 7) is 4.45. The molecule has 2 heterocycles. The first-order valence-electron chi connectivity index (χ1n) is 9.21. The summed E-state index contributed by atoms with van der Waals surface area (Å²) in [5.74, 6) is -0.140. The molecule has 0 radical (unpaired) electrons. The van der Waals surface area contributed by atoms with Gasteiger partial charge in [-0.15, -0.1) is 0 Å². The summed E-state index contributed by atoms with van der Waals surface area (Å²) < 4.78 is 18.7. The number of ether oxygens (including phenoxy) is 1. The molecular weight excluding hydrogens is 337 g/mol. The van der Waals surface area contributed by atoms with Gasteiger partial charge in [0.15, 0.2) is 0 Å². The van der Waals surface area contributed by atoms with E-state index in [1.807, 2.05) is 4.90 Å². The van der Waals surface area contributed by atoms with Crippen LogP contribution < -0.4 is 4.74 Å². The van der Waals surface area contributed by atoms with E-state index >= 15 is 0 Å². The molecule has 2 aliphatic heterocycles. The molecule has 0 N–H and O–H groups in total. The molecule has 6 nitrogen and oxygen atoms in total. The fraction of sp³-hybridized carbons (Fsp3) is 0.579. The van der Waals surface area contributed by atoms with Crippen LogP contribution in [0.15, 0.2) is 18.2 Å². The molecule has 7 heteroatoms. The molecule has 0 aliphatic carbocycles. The predicted molar refractivity (Wildman–Crippen MR) is 95.7 cm³/mol. The van der Waals surface area contributed by atoms with Crippen LogP contribution in [0.1, 0.15) is 29.6 Å². The SMILES string of the molecule is COc1ccc(F)cc1C(=O)N1CCN(CC(=O)N2CCCCC2)CC1. The van der Waals surface area contributed by atoms with Crippen LogP contribution in [0.5, 0.6) is 5.75 Å². The number of likely N-dealkylation sites (tertiary alicyclic amines) is 1. The van der Waals surface area contributed by atoms with Crippen LogP contribution in [0.3, 0.4) is 0 Å². The number of piperazine rings is 1. The Kier molecular flexibility index (Phi) is 6.08. The third kappa shape index (κ3) is 4.33. The Morgan fingerprint density at radius 3 is 2.35 bits per heavy atom. The average Bonchev–Trinajstić information content (AvgIpc) is 2.68. The third-order valence-electron chi connectivity index (χ3n) is 5.12. The highest BCUT2D eigenvalue weighted by atomic mass is 19.1. The van der Waals surface area contributed by atoms with Crippen molar-refractivity contribution in [2.24, 2.45) is 0 Å². The quantitative estimate of drug-likeness (QED) is 0.816. The van der Waals surface area contributed by atoms with Gasteiger partial charge in [-0.25, -0.2) is 4.39 Å². The summed E-state index contributed by atoms with van der Waals surface area (Å²) in [7, 11) is 1.47. The van der Waals surface area contributed by atoms with Crippen molar-refractivity contribution in [3.63, 3.8) is 0 Å². The molecule has 2 saturated heterocycles. The lowest BCUT2D eigenvalue weighted by Gasteiger charge is -2.36. The Morgan fingerprint density at radius 1 is 1.00 bits per heavy atom. The number of carbonyl (C=O) groups excluding carboxylic acids is 2. The van der Waals surface area contributed by atoms with Gasteiger partial charge in [0.05, 0.1) is 19.2 Å². The van der Waals surface area contributed by atoms with E-state index in [9.17, 15) is 14.0 Å². The molecule has 1 aromatic rings. The van der Waals surface area contributed by atoms with E-state index in [-0.39, 0.29) is 17.4 Å². The van der Waals surface area contributed by atoms with E-state index in [4.69, 9.17) is 4.74 Å². The zero-order valence-corrected chi connectivity index (χ0v) is 15.2. The fourth-order valence-electron chi connectivity index (χ4n) is 3.56. The number of rotatable bonds is 4. The topological polar surface area (TPSA) is 53.1 Å². The molecular formula is C19H26FN3O3. The van der Waals surface area contributed by atoms with Crippen molar-refractivity contribution in [3.05, 3.63) is 29.6 Å². The maximum Gasteiger partial charge on any atom is 0.257 e. The van der Waals surface area contributed by atoms with Gasteiger partial charge in [-0.2, -0.15) is 0 Å². The zero-order chi connectivity index (χ0) is 18.5. The van der Waals surface area contributed by atoms with Gasteiger partial charge >= 0.3 is 0 Å². The van der Waals surface area contributed by atoms with Gasteiger partial charge in [0.2, 0.25) is 5.91 Å². The molecule has 1 aromatic carbocycles. The van der Waals surface area contributed by atoms with Crippen LogP contribution in [0.25, 0.3) is 0 Å². The minimum absolute atomic E-state index is 0.177. The first kappa shape index (κ1) is 18.6. The van der Waals surface area contributed by atoms with E-state index in [0.717, 1.165) is 25.9 Å². The summed E-state index contributed by atoms with van der Waals surface area (Å²) in [4.78, 5) is 30.8.